The summed E-state index contributed by atoms with van der Waals surface area (Å²) < 4.78 is 5.43. The monoisotopic (exact) mass is 498 g/mol. The highest BCUT2D eigenvalue weighted by atomic mass is 127. The van der Waals surface area contributed by atoms with Crippen molar-refractivity contribution >= 4 is 29.9 Å². The second kappa shape index (κ2) is 10.7. The molecule has 0 saturated heterocycles. The summed E-state index contributed by atoms with van der Waals surface area (Å²) in [7, 11) is 1.75. The van der Waals surface area contributed by atoms with Crippen molar-refractivity contribution in [3.63, 3.8) is 0 Å². The number of aliphatic imine (C=N–C) groups is 1. The molecule has 154 valence electrons. The van der Waals surface area contributed by atoms with E-state index in [2.05, 4.69) is 40.7 Å². The molecule has 1 aliphatic rings. The van der Waals surface area contributed by atoms with Gasteiger partial charge in [0.2, 0.25) is 0 Å². The Morgan fingerprint density at radius 2 is 1.82 bits per heavy atom. The molecular formula is C21H31IN4O2. The van der Waals surface area contributed by atoms with E-state index in [0.717, 1.165) is 48.3 Å². The van der Waals surface area contributed by atoms with Crippen molar-refractivity contribution in [3.8, 4) is 5.75 Å². The Labute approximate surface area is 184 Å². The van der Waals surface area contributed by atoms with E-state index in [1.165, 1.54) is 24.0 Å². The first-order valence-electron chi connectivity index (χ1n) is 9.91. The van der Waals surface area contributed by atoms with Crippen LogP contribution in [0.2, 0.25) is 0 Å². The van der Waals surface area contributed by atoms with Crippen LogP contribution >= 0.6 is 24.0 Å². The fourth-order valence-corrected chi connectivity index (χ4v) is 3.79. The summed E-state index contributed by atoms with van der Waals surface area (Å²) in [5, 5.41) is 21.2. The molecule has 3 rings (SSSR count). The smallest absolute Gasteiger partial charge is 0.191 e. The van der Waals surface area contributed by atoms with E-state index in [0.29, 0.717) is 24.8 Å². The molecule has 1 aromatic carbocycles. The van der Waals surface area contributed by atoms with Gasteiger partial charge >= 0.3 is 0 Å². The number of fused-ring (bicyclic) bond motifs is 1. The zero-order valence-electron chi connectivity index (χ0n) is 17.0. The van der Waals surface area contributed by atoms with Crippen LogP contribution in [0.1, 0.15) is 60.4 Å². The first-order valence-corrected chi connectivity index (χ1v) is 9.91. The molecule has 0 spiro atoms. The molecule has 0 aliphatic heterocycles. The number of aromatic hydroxyl groups is 1. The Morgan fingerprint density at radius 3 is 2.50 bits per heavy atom. The lowest BCUT2D eigenvalue weighted by atomic mass is 9.88. The van der Waals surface area contributed by atoms with Crippen LogP contribution in [0.25, 0.3) is 0 Å². The summed E-state index contributed by atoms with van der Waals surface area (Å²) in [4.78, 5) is 4.32. The van der Waals surface area contributed by atoms with Crippen molar-refractivity contribution in [2.24, 2.45) is 4.99 Å². The lowest BCUT2D eigenvalue weighted by Crippen LogP contribution is -2.37. The van der Waals surface area contributed by atoms with E-state index in [1.54, 1.807) is 7.05 Å². The maximum Gasteiger partial charge on any atom is 0.191 e. The molecule has 0 fully saturated rings. The van der Waals surface area contributed by atoms with E-state index in [-0.39, 0.29) is 24.0 Å². The number of phenols is 1. The SMILES string of the molecule is CCc1noc(CC)c1CNC(=NC)NCc1c(O)ccc2c1CCCC2.I. The van der Waals surface area contributed by atoms with Crippen LogP contribution in [-0.2, 0) is 38.8 Å². The summed E-state index contributed by atoms with van der Waals surface area (Å²) in [6, 6.07) is 3.88. The van der Waals surface area contributed by atoms with Crippen LogP contribution in [0.15, 0.2) is 21.6 Å². The molecule has 7 heteroatoms. The van der Waals surface area contributed by atoms with Crippen molar-refractivity contribution in [3.05, 3.63) is 45.8 Å². The molecule has 28 heavy (non-hydrogen) atoms. The lowest BCUT2D eigenvalue weighted by Gasteiger charge is -2.21. The molecule has 1 aliphatic carbocycles. The average Bonchev–Trinajstić information content (AvgIpc) is 3.11. The van der Waals surface area contributed by atoms with Crippen molar-refractivity contribution in [1.82, 2.24) is 15.8 Å². The van der Waals surface area contributed by atoms with E-state index < -0.39 is 0 Å². The molecule has 0 amide bonds. The Kier molecular flexibility index (Phi) is 8.59. The minimum atomic E-state index is 0. The highest BCUT2D eigenvalue weighted by molar-refractivity contribution is 14.0. The van der Waals surface area contributed by atoms with Crippen molar-refractivity contribution in [2.75, 3.05) is 7.05 Å². The first kappa shape index (κ1) is 22.5. The van der Waals surface area contributed by atoms with Crippen LogP contribution in [-0.4, -0.2) is 23.3 Å². The van der Waals surface area contributed by atoms with Crippen molar-refractivity contribution in [2.45, 2.75) is 65.5 Å². The molecule has 0 radical (unpaired) electrons. The van der Waals surface area contributed by atoms with Crippen LogP contribution in [0.5, 0.6) is 5.75 Å². The topological polar surface area (TPSA) is 82.7 Å². The Morgan fingerprint density at radius 1 is 1.11 bits per heavy atom. The van der Waals surface area contributed by atoms with Gasteiger partial charge in [-0.3, -0.25) is 4.99 Å². The molecule has 0 saturated carbocycles. The molecular weight excluding hydrogens is 467 g/mol. The summed E-state index contributed by atoms with van der Waals surface area (Å²) >= 11 is 0. The van der Waals surface area contributed by atoms with Gasteiger partial charge in [0.25, 0.3) is 0 Å². The second-order valence-corrected chi connectivity index (χ2v) is 6.93. The van der Waals surface area contributed by atoms with E-state index in [4.69, 9.17) is 4.52 Å². The van der Waals surface area contributed by atoms with Gasteiger partial charge in [-0.15, -0.1) is 24.0 Å². The van der Waals surface area contributed by atoms with Gasteiger partial charge < -0.3 is 20.3 Å². The predicted octanol–water partition coefficient (Wildman–Crippen LogP) is 3.87. The number of rotatable bonds is 6. The standard InChI is InChI=1S/C21H30N4O2.HI/c1-4-18-17(20(5-2)27-25-18)13-24-21(22-3)23-12-16-15-9-7-6-8-14(15)10-11-19(16)26;/h10-11,26H,4-9,12-13H2,1-3H3,(H2,22,23,24);1H. The third kappa shape index (κ3) is 4.98. The number of phenolic OH excluding ortho intramolecular Hbond substituents is 1. The number of aromatic nitrogens is 1. The van der Waals surface area contributed by atoms with Gasteiger partial charge in [0.15, 0.2) is 5.96 Å². The molecule has 2 aromatic rings. The van der Waals surface area contributed by atoms with E-state index in [1.807, 2.05) is 6.07 Å². The van der Waals surface area contributed by atoms with Gasteiger partial charge in [0.1, 0.15) is 11.5 Å². The zero-order chi connectivity index (χ0) is 19.2. The van der Waals surface area contributed by atoms with Crippen molar-refractivity contribution in [1.29, 1.82) is 0 Å². The fourth-order valence-electron chi connectivity index (χ4n) is 3.79. The maximum absolute atomic E-state index is 10.3. The number of hydrogen-bond acceptors (Lipinski definition) is 4. The van der Waals surface area contributed by atoms with Crippen LogP contribution in [0, 0.1) is 0 Å². The van der Waals surface area contributed by atoms with Gasteiger partial charge in [-0.25, -0.2) is 0 Å². The quantitative estimate of drug-likeness (QED) is 0.320. The number of benzene rings is 1. The van der Waals surface area contributed by atoms with Gasteiger partial charge in [-0.1, -0.05) is 25.1 Å². The largest absolute Gasteiger partial charge is 0.508 e. The summed E-state index contributed by atoms with van der Waals surface area (Å²) in [5.74, 6) is 1.98. The number of nitrogens with zero attached hydrogens (tertiary/aromatic N) is 2. The van der Waals surface area contributed by atoms with Crippen molar-refractivity contribution < 1.29 is 9.63 Å². The summed E-state index contributed by atoms with van der Waals surface area (Å²) in [6.07, 6.45) is 6.21. The Bertz CT molecular complexity index is 795. The van der Waals surface area contributed by atoms with E-state index >= 15 is 0 Å². The Hall–Kier alpha value is -1.77. The number of nitrogens with one attached hydrogen (secondary N) is 2. The second-order valence-electron chi connectivity index (χ2n) is 6.93. The number of guanidine groups is 1. The third-order valence-electron chi connectivity index (χ3n) is 5.32. The average molecular weight is 498 g/mol. The molecule has 1 aromatic heterocycles. The molecule has 1 heterocycles. The number of aryl methyl sites for hydroxylation is 3. The van der Waals surface area contributed by atoms with Crippen LogP contribution in [0.3, 0.4) is 0 Å². The Balaban J connectivity index is 0.00000280. The van der Waals surface area contributed by atoms with Gasteiger partial charge in [0.05, 0.1) is 5.69 Å². The minimum Gasteiger partial charge on any atom is -0.508 e. The summed E-state index contributed by atoms with van der Waals surface area (Å²) in [5.41, 5.74) is 5.75. The molecule has 6 nitrogen and oxygen atoms in total. The highest BCUT2D eigenvalue weighted by Gasteiger charge is 2.17. The van der Waals surface area contributed by atoms with E-state index in [9.17, 15) is 5.11 Å². The minimum absolute atomic E-state index is 0. The predicted molar refractivity (Wildman–Crippen MR) is 122 cm³/mol. The van der Waals surface area contributed by atoms with Gasteiger partial charge in [0, 0.05) is 37.7 Å². The van der Waals surface area contributed by atoms with Crippen LogP contribution in [0.4, 0.5) is 0 Å². The summed E-state index contributed by atoms with van der Waals surface area (Å²) in [6.45, 7) is 5.32. The molecule has 0 bridgehead atoms. The highest BCUT2D eigenvalue weighted by Crippen LogP contribution is 2.30. The molecule has 3 N–H and O–H groups in total. The normalized spacial score (nSPS) is 13.6. The van der Waals surface area contributed by atoms with Gasteiger partial charge in [-0.05, 0) is 49.3 Å². The molecule has 0 unspecified atom stereocenters. The number of halogens is 1. The maximum atomic E-state index is 10.3. The third-order valence-corrected chi connectivity index (χ3v) is 5.32. The molecule has 0 atom stereocenters. The number of hydrogen-bond donors (Lipinski definition) is 3. The van der Waals surface area contributed by atoms with Gasteiger partial charge in [-0.2, -0.15) is 0 Å². The lowest BCUT2D eigenvalue weighted by molar-refractivity contribution is 0.380. The first-order chi connectivity index (χ1) is 13.2. The zero-order valence-corrected chi connectivity index (χ0v) is 19.3. The van der Waals surface area contributed by atoms with Crippen LogP contribution < -0.4 is 10.6 Å². The fraction of sp³-hybridized carbons (Fsp3) is 0.524.